The summed E-state index contributed by atoms with van der Waals surface area (Å²) in [5.74, 6) is -1.77. The molecule has 6 nitrogen and oxygen atoms in total. The SMILES string of the molecule is O=C(Cc1ccc(-n2cccn2)cc1)N1CCC(F)(C(=O)O)C1. The Balaban J connectivity index is 1.64. The number of halogens is 1. The van der Waals surface area contributed by atoms with Gasteiger partial charge in [-0.05, 0) is 23.8 Å². The van der Waals surface area contributed by atoms with Crippen molar-refractivity contribution < 1.29 is 19.1 Å². The number of rotatable bonds is 4. The lowest BCUT2D eigenvalue weighted by Gasteiger charge is -2.17. The second-order valence-corrected chi connectivity index (χ2v) is 5.63. The minimum Gasteiger partial charge on any atom is -0.479 e. The number of likely N-dealkylation sites (tertiary alicyclic amines) is 1. The first-order valence-electron chi connectivity index (χ1n) is 7.27. The molecular weight excluding hydrogens is 301 g/mol. The van der Waals surface area contributed by atoms with Gasteiger partial charge in [0, 0.05) is 25.4 Å². The molecule has 0 radical (unpaired) electrons. The summed E-state index contributed by atoms with van der Waals surface area (Å²) in [5, 5.41) is 13.0. The van der Waals surface area contributed by atoms with Crippen LogP contribution in [0.3, 0.4) is 0 Å². The van der Waals surface area contributed by atoms with E-state index >= 15 is 0 Å². The van der Waals surface area contributed by atoms with Crippen LogP contribution < -0.4 is 0 Å². The average Bonchev–Trinajstić information content (AvgIpc) is 3.18. The van der Waals surface area contributed by atoms with Gasteiger partial charge in [-0.2, -0.15) is 5.10 Å². The molecule has 120 valence electrons. The maximum atomic E-state index is 14.0. The number of carbonyl (C=O) groups excluding carboxylic acids is 1. The number of aromatic nitrogens is 2. The maximum absolute atomic E-state index is 14.0. The van der Waals surface area contributed by atoms with E-state index in [0.29, 0.717) is 0 Å². The Labute approximate surface area is 132 Å². The fourth-order valence-corrected chi connectivity index (χ4v) is 2.63. The van der Waals surface area contributed by atoms with Crippen molar-refractivity contribution in [3.8, 4) is 5.69 Å². The molecule has 0 bridgehead atoms. The number of carbonyl (C=O) groups is 2. The number of amides is 1. The minimum atomic E-state index is -2.32. The van der Waals surface area contributed by atoms with E-state index in [1.54, 1.807) is 10.9 Å². The van der Waals surface area contributed by atoms with Crippen molar-refractivity contribution in [1.82, 2.24) is 14.7 Å². The summed E-state index contributed by atoms with van der Waals surface area (Å²) in [6, 6.07) is 9.12. The van der Waals surface area contributed by atoms with Crippen LogP contribution in [0.25, 0.3) is 5.69 Å². The van der Waals surface area contributed by atoms with Gasteiger partial charge >= 0.3 is 5.97 Å². The predicted octanol–water partition coefficient (Wildman–Crippen LogP) is 1.44. The number of carboxylic acid groups (broad SMARTS) is 1. The van der Waals surface area contributed by atoms with Gasteiger partial charge in [0.2, 0.25) is 11.6 Å². The average molecular weight is 317 g/mol. The van der Waals surface area contributed by atoms with Crippen LogP contribution >= 0.6 is 0 Å². The summed E-state index contributed by atoms with van der Waals surface area (Å²) in [7, 11) is 0. The molecule has 1 unspecified atom stereocenters. The number of aliphatic carboxylic acids is 1. The first kappa shape index (κ1) is 15.2. The summed E-state index contributed by atoms with van der Waals surface area (Å²) in [6.07, 6.45) is 3.45. The molecule has 1 aromatic carbocycles. The van der Waals surface area contributed by atoms with Crippen LogP contribution in [0.5, 0.6) is 0 Å². The fraction of sp³-hybridized carbons (Fsp3) is 0.312. The Morgan fingerprint density at radius 1 is 1.30 bits per heavy atom. The molecule has 0 saturated carbocycles. The van der Waals surface area contributed by atoms with Crippen LogP contribution in [-0.4, -0.2) is 50.4 Å². The van der Waals surface area contributed by atoms with E-state index in [4.69, 9.17) is 5.11 Å². The van der Waals surface area contributed by atoms with Crippen LogP contribution in [-0.2, 0) is 16.0 Å². The molecular formula is C16H16FN3O3. The molecule has 1 aliphatic heterocycles. The van der Waals surface area contributed by atoms with E-state index in [0.717, 1.165) is 11.3 Å². The van der Waals surface area contributed by atoms with Gasteiger partial charge in [0.25, 0.3) is 0 Å². The number of nitrogens with zero attached hydrogens (tertiary/aromatic N) is 3. The van der Waals surface area contributed by atoms with Gasteiger partial charge in [0.1, 0.15) is 0 Å². The van der Waals surface area contributed by atoms with E-state index in [-0.39, 0.29) is 31.8 Å². The van der Waals surface area contributed by atoms with Crippen molar-refractivity contribution in [3.63, 3.8) is 0 Å². The Hall–Kier alpha value is -2.70. The van der Waals surface area contributed by atoms with Crippen molar-refractivity contribution in [1.29, 1.82) is 0 Å². The molecule has 0 aliphatic carbocycles. The molecule has 1 aliphatic rings. The van der Waals surface area contributed by atoms with Gasteiger partial charge in [-0.25, -0.2) is 13.9 Å². The maximum Gasteiger partial charge on any atom is 0.343 e. The smallest absolute Gasteiger partial charge is 0.343 e. The first-order valence-corrected chi connectivity index (χ1v) is 7.27. The van der Waals surface area contributed by atoms with E-state index < -0.39 is 11.6 Å². The van der Waals surface area contributed by atoms with Gasteiger partial charge < -0.3 is 10.0 Å². The van der Waals surface area contributed by atoms with Gasteiger partial charge in [-0.15, -0.1) is 0 Å². The summed E-state index contributed by atoms with van der Waals surface area (Å²) in [5.41, 5.74) is -0.654. The van der Waals surface area contributed by atoms with Gasteiger partial charge in [0.15, 0.2) is 0 Å². The van der Waals surface area contributed by atoms with Crippen LogP contribution in [0.4, 0.5) is 4.39 Å². The largest absolute Gasteiger partial charge is 0.479 e. The van der Waals surface area contributed by atoms with Crippen molar-refractivity contribution >= 4 is 11.9 Å². The van der Waals surface area contributed by atoms with Gasteiger partial charge in [-0.3, -0.25) is 4.79 Å². The number of hydrogen-bond acceptors (Lipinski definition) is 3. The highest BCUT2D eigenvalue weighted by molar-refractivity contribution is 5.83. The molecule has 23 heavy (non-hydrogen) atoms. The monoisotopic (exact) mass is 317 g/mol. The minimum absolute atomic E-state index is 0.120. The highest BCUT2D eigenvalue weighted by Crippen LogP contribution is 2.26. The Morgan fingerprint density at radius 2 is 2.04 bits per heavy atom. The molecule has 2 aromatic rings. The third kappa shape index (κ3) is 3.08. The van der Waals surface area contributed by atoms with Crippen LogP contribution in [0.15, 0.2) is 42.7 Å². The molecule has 1 amide bonds. The molecule has 1 fully saturated rings. The van der Waals surface area contributed by atoms with E-state index in [9.17, 15) is 14.0 Å². The molecule has 1 saturated heterocycles. The van der Waals surface area contributed by atoms with Crippen molar-refractivity contribution in [2.24, 2.45) is 0 Å². The van der Waals surface area contributed by atoms with E-state index in [1.165, 1.54) is 4.90 Å². The normalized spacial score (nSPS) is 20.7. The number of alkyl halides is 1. The van der Waals surface area contributed by atoms with Crippen molar-refractivity contribution in [3.05, 3.63) is 48.3 Å². The first-order chi connectivity index (χ1) is 11.0. The molecule has 7 heteroatoms. The van der Waals surface area contributed by atoms with Gasteiger partial charge in [-0.1, -0.05) is 12.1 Å². The van der Waals surface area contributed by atoms with Crippen molar-refractivity contribution in [2.75, 3.05) is 13.1 Å². The Bertz CT molecular complexity index is 715. The molecule has 0 spiro atoms. The van der Waals surface area contributed by atoms with Gasteiger partial charge in [0.05, 0.1) is 18.7 Å². The van der Waals surface area contributed by atoms with Crippen LogP contribution in [0, 0.1) is 0 Å². The standard InChI is InChI=1S/C16H16FN3O3/c17-16(15(22)23)6-9-19(11-16)14(21)10-12-2-4-13(5-3-12)20-8-1-7-18-20/h1-5,7-8H,6,9-11H2,(H,22,23). The molecule has 1 N–H and O–H groups in total. The summed E-state index contributed by atoms with van der Waals surface area (Å²) < 4.78 is 15.7. The Morgan fingerprint density at radius 3 is 2.61 bits per heavy atom. The lowest BCUT2D eigenvalue weighted by Crippen LogP contribution is -2.39. The quantitative estimate of drug-likeness (QED) is 0.926. The fourth-order valence-electron chi connectivity index (χ4n) is 2.63. The van der Waals surface area contributed by atoms with E-state index in [1.807, 2.05) is 36.5 Å². The highest BCUT2D eigenvalue weighted by Gasteiger charge is 2.46. The van der Waals surface area contributed by atoms with E-state index in [2.05, 4.69) is 5.10 Å². The molecule has 3 rings (SSSR count). The molecule has 1 atom stereocenters. The number of benzene rings is 1. The Kier molecular flexibility index (Phi) is 3.85. The second-order valence-electron chi connectivity index (χ2n) is 5.63. The lowest BCUT2D eigenvalue weighted by atomic mass is 10.1. The number of carboxylic acids is 1. The predicted molar refractivity (Wildman–Crippen MR) is 79.9 cm³/mol. The molecule has 1 aromatic heterocycles. The zero-order valence-electron chi connectivity index (χ0n) is 12.4. The summed E-state index contributed by atoms with van der Waals surface area (Å²) >= 11 is 0. The van der Waals surface area contributed by atoms with Crippen LogP contribution in [0.2, 0.25) is 0 Å². The molecule has 2 heterocycles. The summed E-state index contributed by atoms with van der Waals surface area (Å²) in [6.45, 7) is -0.250. The zero-order valence-corrected chi connectivity index (χ0v) is 12.4. The lowest BCUT2D eigenvalue weighted by molar-refractivity contribution is -0.150. The third-order valence-corrected chi connectivity index (χ3v) is 4.02. The second kappa shape index (κ2) is 5.83. The topological polar surface area (TPSA) is 75.4 Å². The number of hydrogen-bond donors (Lipinski definition) is 1. The summed E-state index contributed by atoms with van der Waals surface area (Å²) in [4.78, 5) is 24.3. The third-order valence-electron chi connectivity index (χ3n) is 4.02. The zero-order chi connectivity index (χ0) is 16.4. The van der Waals surface area contributed by atoms with Crippen molar-refractivity contribution in [2.45, 2.75) is 18.5 Å². The van der Waals surface area contributed by atoms with Crippen LogP contribution in [0.1, 0.15) is 12.0 Å². The highest BCUT2D eigenvalue weighted by atomic mass is 19.1.